The Morgan fingerprint density at radius 1 is 0.308 bits per heavy atom. The first-order valence-electron chi connectivity index (χ1n) is 30.8. The lowest BCUT2D eigenvalue weighted by Gasteiger charge is -2.45. The average molecular weight is 1200 g/mol. The molecule has 426 valence electrons. The number of furan rings is 1. The lowest BCUT2D eigenvalue weighted by Crippen LogP contribution is -2.64. The van der Waals surface area contributed by atoms with E-state index in [1.807, 2.05) is 0 Å². The van der Waals surface area contributed by atoms with Crippen LogP contribution in [0.5, 0.6) is 11.5 Å². The van der Waals surface area contributed by atoms with Crippen LogP contribution in [0.2, 0.25) is 0 Å². The van der Waals surface area contributed by atoms with Gasteiger partial charge in [-0.25, -0.2) is 0 Å². The van der Waals surface area contributed by atoms with Crippen molar-refractivity contribution >= 4 is 175 Å². The number of thiophene rings is 2. The zero-order valence-electron chi connectivity index (χ0n) is 49.0. The van der Waals surface area contributed by atoms with Crippen LogP contribution in [-0.2, 0) is 0 Å². The Kier molecular flexibility index (Phi) is 11.8. The summed E-state index contributed by atoms with van der Waals surface area (Å²) in [4.78, 5) is 12.3. The van der Waals surface area contributed by atoms with Gasteiger partial charge in [0.05, 0.1) is 22.7 Å². The van der Waals surface area contributed by atoms with Crippen molar-refractivity contribution in [1.82, 2.24) is 0 Å². The van der Waals surface area contributed by atoms with Gasteiger partial charge < -0.3 is 33.7 Å². The van der Waals surface area contributed by atoms with Crippen molar-refractivity contribution in [3.8, 4) is 22.8 Å². The molecule has 0 bridgehead atoms. The number of anilines is 15. The number of ether oxygens (including phenoxy) is 1. The summed E-state index contributed by atoms with van der Waals surface area (Å²) >= 11 is 3.54. The van der Waals surface area contributed by atoms with E-state index < -0.39 is 0 Å². The van der Waals surface area contributed by atoms with E-state index in [-0.39, 0.29) is 13.4 Å². The van der Waals surface area contributed by atoms with Crippen LogP contribution in [0.15, 0.2) is 312 Å². The van der Waals surface area contributed by atoms with Gasteiger partial charge in [-0.15, -0.1) is 22.7 Å². The first kappa shape index (κ1) is 51.8. The van der Waals surface area contributed by atoms with Crippen LogP contribution in [0.1, 0.15) is 0 Å². The molecule has 0 atom stereocenters. The fraction of sp³-hybridized carbons (Fsp3) is 0. The third-order valence-electron chi connectivity index (χ3n) is 18.5. The van der Waals surface area contributed by atoms with Crippen molar-refractivity contribution in [1.29, 1.82) is 0 Å². The molecule has 0 saturated heterocycles. The Labute approximate surface area is 535 Å². The van der Waals surface area contributed by atoms with E-state index in [9.17, 15) is 0 Å². The van der Waals surface area contributed by atoms with Crippen molar-refractivity contribution in [2.45, 2.75) is 0 Å². The van der Waals surface area contributed by atoms with Crippen molar-refractivity contribution in [3.63, 3.8) is 0 Å². The van der Waals surface area contributed by atoms with Gasteiger partial charge in [-0.1, -0.05) is 146 Å². The normalized spacial score (nSPS) is 13.0. The summed E-state index contributed by atoms with van der Waals surface area (Å²) in [5.41, 5.74) is 23.3. The van der Waals surface area contributed by atoms with Gasteiger partial charge in [-0.2, -0.15) is 0 Å². The lowest BCUT2D eigenvalue weighted by atomic mass is 9.31. The Morgan fingerprint density at radius 3 is 1.32 bits per heavy atom. The molecule has 91 heavy (non-hydrogen) atoms. The second-order valence-corrected chi connectivity index (χ2v) is 25.5. The summed E-state index contributed by atoms with van der Waals surface area (Å²) in [7, 11) is 0. The molecule has 4 aliphatic rings. The van der Waals surface area contributed by atoms with E-state index in [1.165, 1.54) is 25.6 Å². The summed E-state index contributed by atoms with van der Waals surface area (Å²) < 4.78 is 17.4. The molecule has 19 rings (SSSR count). The molecular weight excluding hydrogens is 1150 g/mol. The van der Waals surface area contributed by atoms with Gasteiger partial charge in [0.2, 0.25) is 0 Å². The molecule has 3 aromatic heterocycles. The summed E-state index contributed by atoms with van der Waals surface area (Å²) in [6.07, 6.45) is 0. The van der Waals surface area contributed by atoms with E-state index in [2.05, 4.69) is 333 Å². The highest BCUT2D eigenvalue weighted by Crippen LogP contribution is 2.52. The highest BCUT2D eigenvalue weighted by Gasteiger charge is 2.50. The van der Waals surface area contributed by atoms with Crippen LogP contribution in [0, 0.1) is 0 Å². The number of hydrogen-bond donors (Lipinski definition) is 0. The second-order valence-electron chi connectivity index (χ2n) is 23.6. The molecule has 0 N–H and O–H groups in total. The van der Waals surface area contributed by atoms with Gasteiger partial charge in [0.1, 0.15) is 17.3 Å². The molecule has 7 heterocycles. The maximum Gasteiger partial charge on any atom is 0.297 e. The molecule has 0 radical (unpaired) electrons. The van der Waals surface area contributed by atoms with E-state index >= 15 is 0 Å². The maximum atomic E-state index is 7.62. The largest absolute Gasteiger partial charge is 0.468 e. The first-order valence-corrected chi connectivity index (χ1v) is 32.6. The molecule has 15 aromatic rings. The fourth-order valence-corrected chi connectivity index (χ4v) is 16.2. The van der Waals surface area contributed by atoms with Crippen LogP contribution in [0.3, 0.4) is 0 Å². The molecule has 7 nitrogen and oxygen atoms in total. The van der Waals surface area contributed by atoms with Gasteiger partial charge in [0.25, 0.3) is 13.4 Å². The van der Waals surface area contributed by atoms with Gasteiger partial charge in [-0.3, -0.25) is 0 Å². The van der Waals surface area contributed by atoms with Gasteiger partial charge in [0.15, 0.2) is 0 Å². The topological polar surface area (TPSA) is 38.6 Å². The molecule has 0 unspecified atom stereocenters. The minimum atomic E-state index is -0.367. The maximum absolute atomic E-state index is 7.62. The molecule has 0 aliphatic carbocycles. The molecule has 12 aromatic carbocycles. The number of para-hydroxylation sites is 6. The van der Waals surface area contributed by atoms with Gasteiger partial charge >= 0.3 is 0 Å². The van der Waals surface area contributed by atoms with Crippen LogP contribution < -0.4 is 62.2 Å². The molecule has 0 saturated carbocycles. The third kappa shape index (κ3) is 8.21. The van der Waals surface area contributed by atoms with E-state index in [0.29, 0.717) is 0 Å². The van der Waals surface area contributed by atoms with Crippen molar-refractivity contribution in [3.05, 3.63) is 308 Å². The zero-order valence-corrected chi connectivity index (χ0v) is 50.6. The van der Waals surface area contributed by atoms with Crippen LogP contribution in [0.4, 0.5) is 85.3 Å². The zero-order chi connectivity index (χ0) is 59.7. The number of rotatable bonds is 10. The third-order valence-corrected chi connectivity index (χ3v) is 20.3. The molecule has 0 spiro atoms. The van der Waals surface area contributed by atoms with E-state index in [0.717, 1.165) is 136 Å². The Morgan fingerprint density at radius 2 is 0.769 bits per heavy atom. The van der Waals surface area contributed by atoms with E-state index in [1.54, 1.807) is 22.7 Å². The fourth-order valence-electron chi connectivity index (χ4n) is 14.7. The quantitative estimate of drug-likeness (QED) is 0.126. The highest BCUT2D eigenvalue weighted by atomic mass is 32.1. The second kappa shape index (κ2) is 20.7. The number of fused-ring (bicyclic) bond motifs is 10. The minimum Gasteiger partial charge on any atom is -0.468 e. The average Bonchev–Trinajstić information content (AvgIpc) is 0.852. The Balaban J connectivity index is 0.948. The molecule has 0 fully saturated rings. The SMILES string of the molecule is c1ccc(-c2cc3c(o2)B2c4cc5c(cc4N(c4ccc6sccc6c4)c4cc(N(c6ccccc6)c6ccccc6)cc(c42)N3c2ccccc2)N(c2ccc3sccc3c2)c2cc(N(c3ccccc3)c3ccccc3)cc3c2B5c2ccccc2O3)cc1. The summed E-state index contributed by atoms with van der Waals surface area (Å²) in [6, 6.07) is 108. The number of nitrogens with zero attached hydrogens (tertiary/aromatic N) is 5. The van der Waals surface area contributed by atoms with Crippen LogP contribution >= 0.6 is 22.7 Å². The molecule has 0 amide bonds. The molecular formula is C80H51B2N5O2S2. The molecule has 4 aliphatic heterocycles. The predicted molar refractivity (Wildman–Crippen MR) is 384 cm³/mol. The number of hydrogen-bond acceptors (Lipinski definition) is 9. The van der Waals surface area contributed by atoms with Gasteiger partial charge in [0, 0.05) is 95.3 Å². The summed E-state index contributed by atoms with van der Waals surface area (Å²) in [5.74, 6) is 2.47. The monoisotopic (exact) mass is 1200 g/mol. The Hall–Kier alpha value is -11.2. The van der Waals surface area contributed by atoms with Crippen molar-refractivity contribution in [2.75, 3.05) is 24.5 Å². The van der Waals surface area contributed by atoms with Crippen molar-refractivity contribution in [2.24, 2.45) is 0 Å². The first-order chi connectivity index (χ1) is 45.1. The van der Waals surface area contributed by atoms with Crippen LogP contribution in [-0.4, -0.2) is 13.4 Å². The highest BCUT2D eigenvalue weighted by molar-refractivity contribution is 7.17. The van der Waals surface area contributed by atoms with Crippen LogP contribution in [0.25, 0.3) is 31.5 Å². The minimum absolute atomic E-state index is 0.225. The summed E-state index contributed by atoms with van der Waals surface area (Å²) in [6.45, 7) is -0.592. The van der Waals surface area contributed by atoms with Crippen molar-refractivity contribution < 1.29 is 9.15 Å². The van der Waals surface area contributed by atoms with Gasteiger partial charge in [-0.05, 0) is 188 Å². The standard InChI is InChI=1S/C80H51B2N5O2S2/c1-7-21-52(22-8-1)74-51-72-80(89-74)82-66-49-65-67(87(61-36-38-77-54(44-61)40-42-91-77)71-47-63(48-75-79(71)81(65)64-33-19-20-34-73(64)88-75)84(57-27-13-4-14-28-57)58-29-15-5-16-30-58)50-68(66)86(60-35-37-76-53(43-60)39-41-90-76)70-46-62(45-69(78(70)82)85(72)59-31-17-6-18-32-59)83(55-23-9-2-10-24-55)56-25-11-3-12-26-56/h1-51H. The molecule has 11 heteroatoms. The summed E-state index contributed by atoms with van der Waals surface area (Å²) in [5, 5.41) is 6.79. The number of benzene rings is 12. The van der Waals surface area contributed by atoms with E-state index in [4.69, 9.17) is 9.15 Å². The predicted octanol–water partition coefficient (Wildman–Crippen LogP) is 18.8. The smallest absolute Gasteiger partial charge is 0.297 e. The Bertz CT molecular complexity index is 5260. The lowest BCUT2D eigenvalue weighted by molar-refractivity contribution is 0.487.